The van der Waals surface area contributed by atoms with Gasteiger partial charge in [-0.05, 0) is 12.5 Å². The largest absolute Gasteiger partial charge is 0.469 e. The van der Waals surface area contributed by atoms with Gasteiger partial charge in [0.05, 0.1) is 18.5 Å². The minimum atomic E-state index is -0.987. The minimum Gasteiger partial charge on any atom is -0.469 e. The highest BCUT2D eigenvalue weighted by Crippen LogP contribution is 2.25. The van der Waals surface area contributed by atoms with Crippen molar-refractivity contribution in [2.75, 3.05) is 7.11 Å². The first-order valence-electron chi connectivity index (χ1n) is 4.97. The first kappa shape index (κ1) is 13.1. The molecule has 0 saturated heterocycles. The van der Waals surface area contributed by atoms with E-state index in [1.165, 1.54) is 25.3 Å². The zero-order chi connectivity index (χ0) is 13.1. The quantitative estimate of drug-likeness (QED) is 0.485. The van der Waals surface area contributed by atoms with Crippen LogP contribution in [0.3, 0.4) is 0 Å². The molecule has 6 heteroatoms. The third kappa shape index (κ3) is 3.25. The van der Waals surface area contributed by atoms with Crippen molar-refractivity contribution in [3.63, 3.8) is 0 Å². The van der Waals surface area contributed by atoms with Gasteiger partial charge in [-0.2, -0.15) is 0 Å². The van der Waals surface area contributed by atoms with E-state index in [9.17, 15) is 14.9 Å². The lowest BCUT2D eigenvalue weighted by molar-refractivity contribution is -0.385. The number of carbonyl (C=O) groups excluding carboxylic acids is 1. The predicted octanol–water partition coefficient (Wildman–Crippen LogP) is 1.33. The first-order valence-corrected chi connectivity index (χ1v) is 4.97. The monoisotopic (exact) mass is 238 g/mol. The number of nitrogens with zero attached hydrogens (tertiary/aromatic N) is 1. The number of nitro groups is 1. The zero-order valence-corrected chi connectivity index (χ0v) is 9.67. The van der Waals surface area contributed by atoms with Gasteiger partial charge in [0.25, 0.3) is 5.69 Å². The summed E-state index contributed by atoms with van der Waals surface area (Å²) in [4.78, 5) is 21.3. The molecule has 1 rings (SSSR count). The summed E-state index contributed by atoms with van der Waals surface area (Å²) in [6.45, 7) is 1.63. The van der Waals surface area contributed by atoms with Crippen LogP contribution in [-0.4, -0.2) is 18.0 Å². The smallest absolute Gasteiger partial charge is 0.307 e. The van der Waals surface area contributed by atoms with Crippen molar-refractivity contribution in [1.29, 1.82) is 0 Å². The van der Waals surface area contributed by atoms with Crippen molar-refractivity contribution in [3.8, 4) is 0 Å². The molecule has 0 fully saturated rings. The maximum atomic E-state index is 11.2. The highest BCUT2D eigenvalue weighted by molar-refractivity contribution is 5.71. The van der Waals surface area contributed by atoms with Crippen molar-refractivity contribution in [2.45, 2.75) is 18.9 Å². The number of non-ortho nitro benzene ring substituents is 1. The summed E-state index contributed by atoms with van der Waals surface area (Å²) >= 11 is 0. The van der Waals surface area contributed by atoms with Crippen molar-refractivity contribution in [3.05, 3.63) is 39.9 Å². The van der Waals surface area contributed by atoms with E-state index in [0.29, 0.717) is 5.56 Å². The average molecular weight is 238 g/mol. The summed E-state index contributed by atoms with van der Waals surface area (Å²) in [7, 11) is 1.27. The Balaban J connectivity index is 3.01. The van der Waals surface area contributed by atoms with Crippen LogP contribution < -0.4 is 5.73 Å². The second-order valence-electron chi connectivity index (χ2n) is 3.98. The highest BCUT2D eigenvalue weighted by Gasteiger charge is 2.26. The van der Waals surface area contributed by atoms with E-state index in [1.54, 1.807) is 13.0 Å². The Morgan fingerprint density at radius 3 is 2.76 bits per heavy atom. The number of hydrogen-bond donors (Lipinski definition) is 1. The van der Waals surface area contributed by atoms with Crippen LogP contribution in [0.5, 0.6) is 0 Å². The summed E-state index contributed by atoms with van der Waals surface area (Å²) in [5.74, 6) is -0.457. The van der Waals surface area contributed by atoms with Crippen LogP contribution in [0.15, 0.2) is 24.3 Å². The summed E-state index contributed by atoms with van der Waals surface area (Å²) in [5.41, 5.74) is 5.45. The molecule has 1 atom stereocenters. The van der Waals surface area contributed by atoms with Crippen molar-refractivity contribution >= 4 is 11.7 Å². The number of hydrogen-bond acceptors (Lipinski definition) is 5. The predicted molar refractivity (Wildman–Crippen MR) is 61.3 cm³/mol. The fraction of sp³-hybridized carbons (Fsp3) is 0.364. The van der Waals surface area contributed by atoms with Gasteiger partial charge >= 0.3 is 5.97 Å². The number of benzene rings is 1. The minimum absolute atomic E-state index is 0.0370. The number of esters is 1. The third-order valence-corrected chi connectivity index (χ3v) is 2.46. The molecule has 2 N–H and O–H groups in total. The van der Waals surface area contributed by atoms with E-state index >= 15 is 0 Å². The van der Waals surface area contributed by atoms with Gasteiger partial charge in [0.15, 0.2) is 0 Å². The summed E-state index contributed by atoms with van der Waals surface area (Å²) in [6.07, 6.45) is -0.0370. The van der Waals surface area contributed by atoms with Gasteiger partial charge in [-0.3, -0.25) is 14.9 Å². The van der Waals surface area contributed by atoms with Crippen molar-refractivity contribution in [2.24, 2.45) is 5.73 Å². The van der Waals surface area contributed by atoms with Gasteiger partial charge in [-0.1, -0.05) is 12.1 Å². The third-order valence-electron chi connectivity index (χ3n) is 2.46. The average Bonchev–Trinajstić information content (AvgIpc) is 2.28. The molecule has 1 unspecified atom stereocenters. The molecule has 0 aliphatic carbocycles. The molecule has 0 amide bonds. The summed E-state index contributed by atoms with van der Waals surface area (Å²) < 4.78 is 4.53. The molecule has 17 heavy (non-hydrogen) atoms. The summed E-state index contributed by atoms with van der Waals surface area (Å²) in [6, 6.07) is 5.92. The number of ether oxygens (including phenoxy) is 1. The molecule has 0 bridgehead atoms. The summed E-state index contributed by atoms with van der Waals surface area (Å²) in [5, 5.41) is 10.6. The van der Waals surface area contributed by atoms with Crippen LogP contribution in [0.25, 0.3) is 0 Å². The zero-order valence-electron chi connectivity index (χ0n) is 9.67. The van der Waals surface area contributed by atoms with Gasteiger partial charge < -0.3 is 10.5 Å². The van der Waals surface area contributed by atoms with E-state index in [-0.39, 0.29) is 12.1 Å². The molecule has 0 spiro atoms. The topological polar surface area (TPSA) is 95.5 Å². The van der Waals surface area contributed by atoms with Gasteiger partial charge in [0.2, 0.25) is 0 Å². The number of nitrogens with two attached hydrogens (primary N) is 1. The van der Waals surface area contributed by atoms with E-state index < -0.39 is 16.4 Å². The molecule has 0 aliphatic rings. The van der Waals surface area contributed by atoms with E-state index in [1.807, 2.05) is 0 Å². The Labute approximate surface area is 98.5 Å². The normalized spacial score (nSPS) is 13.8. The lowest BCUT2D eigenvalue weighted by Crippen LogP contribution is -2.36. The van der Waals surface area contributed by atoms with E-state index in [2.05, 4.69) is 4.74 Å². The molecule has 0 aliphatic heterocycles. The fourth-order valence-corrected chi connectivity index (χ4v) is 1.45. The van der Waals surface area contributed by atoms with Crippen LogP contribution in [0.4, 0.5) is 5.69 Å². The molecule has 0 radical (unpaired) electrons. The molecule has 0 saturated carbocycles. The molecule has 0 aromatic heterocycles. The number of rotatable bonds is 4. The van der Waals surface area contributed by atoms with Crippen LogP contribution in [0.1, 0.15) is 18.9 Å². The van der Waals surface area contributed by atoms with Crippen LogP contribution in [0, 0.1) is 10.1 Å². The highest BCUT2D eigenvalue weighted by atomic mass is 16.6. The van der Waals surface area contributed by atoms with E-state index in [0.717, 1.165) is 0 Å². The number of nitro benzene ring substituents is 1. The first-order chi connectivity index (χ1) is 7.86. The number of carbonyl (C=O) groups is 1. The Kier molecular flexibility index (Phi) is 3.80. The molecular formula is C11H14N2O4. The molecule has 6 nitrogen and oxygen atoms in total. The van der Waals surface area contributed by atoms with Crippen molar-refractivity contribution in [1.82, 2.24) is 0 Å². The van der Waals surface area contributed by atoms with Crippen LogP contribution in [-0.2, 0) is 15.1 Å². The molecule has 1 aromatic carbocycles. The van der Waals surface area contributed by atoms with Crippen LogP contribution >= 0.6 is 0 Å². The Bertz CT molecular complexity index is 443. The van der Waals surface area contributed by atoms with Crippen LogP contribution in [0.2, 0.25) is 0 Å². The van der Waals surface area contributed by atoms with E-state index in [4.69, 9.17) is 5.73 Å². The maximum absolute atomic E-state index is 11.2. The molecule has 92 valence electrons. The molecule has 1 aromatic rings. The Hall–Kier alpha value is -1.95. The number of methoxy groups -OCH3 is 1. The van der Waals surface area contributed by atoms with Gasteiger partial charge in [-0.15, -0.1) is 0 Å². The molecular weight excluding hydrogens is 224 g/mol. The SMILES string of the molecule is COC(=O)CC(C)(N)c1cccc([N+](=O)[O-])c1. The maximum Gasteiger partial charge on any atom is 0.307 e. The Morgan fingerprint density at radius 1 is 1.59 bits per heavy atom. The lowest BCUT2D eigenvalue weighted by atomic mass is 9.89. The second kappa shape index (κ2) is 4.92. The van der Waals surface area contributed by atoms with Crippen molar-refractivity contribution < 1.29 is 14.5 Å². The molecule has 0 heterocycles. The Morgan fingerprint density at radius 2 is 2.24 bits per heavy atom. The van der Waals surface area contributed by atoms with Gasteiger partial charge in [0, 0.05) is 17.7 Å². The second-order valence-corrected chi connectivity index (χ2v) is 3.98. The standard InChI is InChI=1S/C11H14N2O4/c1-11(12,7-10(14)17-2)8-4-3-5-9(6-8)13(15)16/h3-6H,7,12H2,1-2H3. The van der Waals surface area contributed by atoms with Gasteiger partial charge in [-0.25, -0.2) is 0 Å². The fourth-order valence-electron chi connectivity index (χ4n) is 1.45. The lowest BCUT2D eigenvalue weighted by Gasteiger charge is -2.23. The van der Waals surface area contributed by atoms with Gasteiger partial charge in [0.1, 0.15) is 0 Å².